The lowest BCUT2D eigenvalue weighted by Crippen LogP contribution is -2.23. The number of carbonyl (C=O) groups excluding carboxylic acids is 1. The molecule has 1 amide bonds. The third-order valence-electron chi connectivity index (χ3n) is 5.72. The predicted molar refractivity (Wildman–Crippen MR) is 133 cm³/mol. The average molecular weight is 467 g/mol. The lowest BCUT2D eigenvalue weighted by atomic mass is 10.2. The molecule has 0 atom stereocenters. The molecule has 0 bridgehead atoms. The van der Waals surface area contributed by atoms with Gasteiger partial charge in [-0.25, -0.2) is 14.6 Å². The van der Waals surface area contributed by atoms with Crippen LogP contribution in [0.15, 0.2) is 73.2 Å². The Labute approximate surface area is 203 Å². The summed E-state index contributed by atoms with van der Waals surface area (Å²) in [5, 5.41) is 7.41. The number of nitrogens with zero attached hydrogens (tertiary/aromatic N) is 5. The first-order valence-electron chi connectivity index (χ1n) is 11.4. The summed E-state index contributed by atoms with van der Waals surface area (Å²) >= 11 is 0. The van der Waals surface area contributed by atoms with E-state index in [0.717, 1.165) is 39.7 Å². The Kier molecular flexibility index (Phi) is 6.01. The van der Waals surface area contributed by atoms with Crippen molar-refractivity contribution in [1.29, 1.82) is 0 Å². The number of para-hydroxylation sites is 1. The van der Waals surface area contributed by atoms with Gasteiger partial charge in [-0.2, -0.15) is 5.10 Å². The van der Waals surface area contributed by atoms with E-state index in [0.29, 0.717) is 17.9 Å². The molecular weight excluding hydrogens is 440 g/mol. The van der Waals surface area contributed by atoms with Gasteiger partial charge in [0.25, 0.3) is 5.91 Å². The van der Waals surface area contributed by atoms with Crippen LogP contribution < -0.4 is 10.1 Å². The molecule has 0 saturated heterocycles. The summed E-state index contributed by atoms with van der Waals surface area (Å²) in [5.74, 6) is 1.04. The summed E-state index contributed by atoms with van der Waals surface area (Å²) in [7, 11) is 0. The summed E-state index contributed by atoms with van der Waals surface area (Å²) in [6.45, 7) is 6.58. The molecule has 0 aliphatic rings. The topological polar surface area (TPSA) is 86.3 Å². The standard InChI is InChI=1S/C27H26N6O2/c1-18-7-6-12-32-16-22(30-26(18)32)17-35-24-9-5-4-8-23(24)27(34)29-15-21-10-11-25(28-14-21)33-20(3)13-19(2)31-33/h4-14,16H,15,17H2,1-3H3,(H,29,34). The van der Waals surface area contributed by atoms with Crippen molar-refractivity contribution in [3.63, 3.8) is 0 Å². The van der Waals surface area contributed by atoms with Gasteiger partial charge in [-0.15, -0.1) is 0 Å². The van der Waals surface area contributed by atoms with E-state index >= 15 is 0 Å². The van der Waals surface area contributed by atoms with Gasteiger partial charge >= 0.3 is 0 Å². The summed E-state index contributed by atoms with van der Waals surface area (Å²) in [6.07, 6.45) is 5.65. The fourth-order valence-electron chi connectivity index (χ4n) is 3.99. The zero-order valence-corrected chi connectivity index (χ0v) is 19.9. The van der Waals surface area contributed by atoms with Crippen LogP contribution in [0.25, 0.3) is 11.5 Å². The molecule has 0 radical (unpaired) electrons. The van der Waals surface area contributed by atoms with Crippen LogP contribution >= 0.6 is 0 Å². The van der Waals surface area contributed by atoms with E-state index in [1.807, 2.05) is 80.0 Å². The van der Waals surface area contributed by atoms with Crippen molar-refractivity contribution >= 4 is 11.6 Å². The van der Waals surface area contributed by atoms with Gasteiger partial charge in [0.05, 0.1) is 17.0 Å². The van der Waals surface area contributed by atoms with Gasteiger partial charge in [0.1, 0.15) is 18.0 Å². The summed E-state index contributed by atoms with van der Waals surface area (Å²) < 4.78 is 9.76. The highest BCUT2D eigenvalue weighted by Crippen LogP contribution is 2.20. The molecule has 0 unspecified atom stereocenters. The summed E-state index contributed by atoms with van der Waals surface area (Å²) in [6, 6.07) is 17.1. The molecule has 1 N–H and O–H groups in total. The van der Waals surface area contributed by atoms with E-state index < -0.39 is 0 Å². The van der Waals surface area contributed by atoms with Crippen LogP contribution in [-0.4, -0.2) is 30.1 Å². The first-order valence-corrected chi connectivity index (χ1v) is 11.4. The Morgan fingerprint density at radius 1 is 1.06 bits per heavy atom. The number of rotatable bonds is 7. The number of fused-ring (bicyclic) bond motifs is 1. The largest absolute Gasteiger partial charge is 0.486 e. The lowest BCUT2D eigenvalue weighted by molar-refractivity contribution is 0.0946. The molecule has 0 aliphatic heterocycles. The molecule has 0 fully saturated rings. The zero-order chi connectivity index (χ0) is 24.4. The van der Waals surface area contributed by atoms with Crippen LogP contribution in [0.1, 0.15) is 38.6 Å². The monoisotopic (exact) mass is 466 g/mol. The Bertz CT molecular complexity index is 1500. The predicted octanol–water partition coefficient (Wildman–Crippen LogP) is 4.35. The van der Waals surface area contributed by atoms with Gasteiger partial charge in [0.2, 0.25) is 0 Å². The molecular formula is C27H26N6O2. The second kappa shape index (κ2) is 9.42. The first-order chi connectivity index (χ1) is 17.0. The number of imidazole rings is 1. The number of carbonyl (C=O) groups is 1. The maximum atomic E-state index is 12.9. The number of hydrogen-bond donors (Lipinski definition) is 1. The van der Waals surface area contributed by atoms with Crippen LogP contribution in [0.3, 0.4) is 0 Å². The Hall–Kier alpha value is -4.46. The molecule has 0 spiro atoms. The van der Waals surface area contributed by atoms with Gasteiger partial charge < -0.3 is 14.5 Å². The fourth-order valence-corrected chi connectivity index (χ4v) is 3.99. The summed E-state index contributed by atoms with van der Waals surface area (Å²) in [4.78, 5) is 22.1. The van der Waals surface area contributed by atoms with Crippen molar-refractivity contribution in [2.24, 2.45) is 0 Å². The number of nitrogens with one attached hydrogen (secondary N) is 1. The first kappa shape index (κ1) is 22.3. The van der Waals surface area contributed by atoms with Crippen LogP contribution in [0.4, 0.5) is 0 Å². The number of aryl methyl sites for hydroxylation is 3. The molecule has 176 valence electrons. The molecule has 35 heavy (non-hydrogen) atoms. The summed E-state index contributed by atoms with van der Waals surface area (Å²) in [5.41, 5.74) is 6.11. The second-order valence-electron chi connectivity index (χ2n) is 8.49. The smallest absolute Gasteiger partial charge is 0.255 e. The van der Waals surface area contributed by atoms with Crippen molar-refractivity contribution in [2.75, 3.05) is 0 Å². The maximum absolute atomic E-state index is 12.9. The van der Waals surface area contributed by atoms with E-state index in [4.69, 9.17) is 4.74 Å². The van der Waals surface area contributed by atoms with Crippen molar-refractivity contribution in [3.05, 3.63) is 107 Å². The van der Waals surface area contributed by atoms with E-state index in [9.17, 15) is 4.79 Å². The van der Waals surface area contributed by atoms with E-state index in [1.165, 1.54) is 0 Å². The molecule has 4 heterocycles. The minimum Gasteiger partial charge on any atom is -0.486 e. The third kappa shape index (κ3) is 4.77. The normalized spacial score (nSPS) is 11.1. The fraction of sp³-hybridized carbons (Fsp3) is 0.185. The van der Waals surface area contributed by atoms with E-state index in [2.05, 4.69) is 20.4 Å². The van der Waals surface area contributed by atoms with Gasteiger partial charge in [-0.1, -0.05) is 24.3 Å². The minimum absolute atomic E-state index is 0.214. The van der Waals surface area contributed by atoms with Crippen molar-refractivity contribution in [2.45, 2.75) is 33.9 Å². The molecule has 1 aromatic carbocycles. The number of ether oxygens (including phenoxy) is 1. The quantitative estimate of drug-likeness (QED) is 0.385. The molecule has 5 aromatic rings. The second-order valence-corrected chi connectivity index (χ2v) is 8.49. The lowest BCUT2D eigenvalue weighted by Gasteiger charge is -2.11. The van der Waals surface area contributed by atoms with Crippen LogP contribution in [-0.2, 0) is 13.2 Å². The number of amides is 1. The Morgan fingerprint density at radius 3 is 2.66 bits per heavy atom. The van der Waals surface area contributed by atoms with Crippen LogP contribution in [0.2, 0.25) is 0 Å². The maximum Gasteiger partial charge on any atom is 0.255 e. The molecule has 5 rings (SSSR count). The van der Waals surface area contributed by atoms with Crippen molar-refractivity contribution < 1.29 is 9.53 Å². The highest BCUT2D eigenvalue weighted by molar-refractivity contribution is 5.96. The Morgan fingerprint density at radius 2 is 1.91 bits per heavy atom. The number of benzene rings is 1. The molecule has 8 heteroatoms. The molecule has 0 saturated carbocycles. The van der Waals surface area contributed by atoms with Crippen molar-refractivity contribution in [1.82, 2.24) is 29.5 Å². The van der Waals surface area contributed by atoms with Gasteiger partial charge in [-0.05, 0) is 62.2 Å². The van der Waals surface area contributed by atoms with Gasteiger partial charge in [0, 0.05) is 30.8 Å². The number of aromatic nitrogens is 5. The van der Waals surface area contributed by atoms with E-state index in [-0.39, 0.29) is 12.5 Å². The average Bonchev–Trinajstić information content (AvgIpc) is 3.44. The van der Waals surface area contributed by atoms with E-state index in [1.54, 1.807) is 23.0 Å². The number of hydrogen-bond acceptors (Lipinski definition) is 5. The van der Waals surface area contributed by atoms with Gasteiger partial charge in [-0.3, -0.25) is 4.79 Å². The highest BCUT2D eigenvalue weighted by atomic mass is 16.5. The zero-order valence-electron chi connectivity index (χ0n) is 19.9. The highest BCUT2D eigenvalue weighted by Gasteiger charge is 2.13. The Balaban J connectivity index is 1.24. The molecule has 4 aromatic heterocycles. The van der Waals surface area contributed by atoms with Gasteiger partial charge in [0.15, 0.2) is 5.82 Å². The SMILES string of the molecule is Cc1cc(C)n(-c2ccc(CNC(=O)c3ccccc3OCc3cn4cccc(C)c4n3)cn2)n1. The number of pyridine rings is 2. The van der Waals surface area contributed by atoms with Crippen LogP contribution in [0.5, 0.6) is 5.75 Å². The minimum atomic E-state index is -0.214. The van der Waals surface area contributed by atoms with Crippen LogP contribution in [0, 0.1) is 20.8 Å². The molecule has 8 nitrogen and oxygen atoms in total. The van der Waals surface area contributed by atoms with Crippen molar-refractivity contribution in [3.8, 4) is 11.6 Å². The molecule has 0 aliphatic carbocycles. The third-order valence-corrected chi connectivity index (χ3v) is 5.72.